The molecule has 1 N–H and O–H groups in total. The smallest absolute Gasteiger partial charge is 0.259 e. The Labute approximate surface area is 175 Å². The second-order valence-electron chi connectivity index (χ2n) is 6.54. The van der Waals surface area contributed by atoms with Crippen molar-refractivity contribution in [2.75, 3.05) is 18.4 Å². The molecule has 0 unspecified atom stereocenters. The molecule has 0 atom stereocenters. The first-order chi connectivity index (χ1) is 13.9. The number of aromatic nitrogens is 2. The fourth-order valence-electron chi connectivity index (χ4n) is 3.10. The highest BCUT2D eigenvalue weighted by Crippen LogP contribution is 2.19. The van der Waals surface area contributed by atoms with Crippen LogP contribution in [0, 0.1) is 6.92 Å². The summed E-state index contributed by atoms with van der Waals surface area (Å²) in [6.07, 6.45) is 1.53. The van der Waals surface area contributed by atoms with Gasteiger partial charge in [-0.1, -0.05) is 17.7 Å². The zero-order chi connectivity index (χ0) is 21.0. The lowest BCUT2D eigenvalue weighted by molar-refractivity contribution is 0.0772. The predicted molar refractivity (Wildman–Crippen MR) is 115 cm³/mol. The number of carbonyl (C=O) groups is 2. The van der Waals surface area contributed by atoms with E-state index in [1.54, 1.807) is 46.0 Å². The number of hydrogen-bond acceptors (Lipinski definition) is 3. The molecule has 0 bridgehead atoms. The van der Waals surface area contributed by atoms with Crippen LogP contribution in [0.25, 0.3) is 5.69 Å². The number of nitrogens with zero attached hydrogens (tertiary/aromatic N) is 3. The van der Waals surface area contributed by atoms with Crippen LogP contribution in [0.4, 0.5) is 5.69 Å². The molecule has 2 amide bonds. The normalized spacial score (nSPS) is 10.6. The summed E-state index contributed by atoms with van der Waals surface area (Å²) in [6, 6.07) is 14.2. The van der Waals surface area contributed by atoms with Gasteiger partial charge in [-0.3, -0.25) is 9.59 Å². The fourth-order valence-corrected chi connectivity index (χ4v) is 3.22. The van der Waals surface area contributed by atoms with E-state index < -0.39 is 0 Å². The van der Waals surface area contributed by atoms with Crippen molar-refractivity contribution in [1.29, 1.82) is 0 Å². The Hall–Kier alpha value is -3.12. The zero-order valence-corrected chi connectivity index (χ0v) is 17.4. The lowest BCUT2D eigenvalue weighted by Crippen LogP contribution is -2.30. The van der Waals surface area contributed by atoms with Gasteiger partial charge in [-0.2, -0.15) is 5.10 Å². The van der Waals surface area contributed by atoms with Gasteiger partial charge in [0.05, 0.1) is 23.1 Å². The van der Waals surface area contributed by atoms with E-state index in [1.807, 2.05) is 32.9 Å². The molecule has 7 heteroatoms. The van der Waals surface area contributed by atoms with Crippen molar-refractivity contribution < 1.29 is 9.59 Å². The van der Waals surface area contributed by atoms with Gasteiger partial charge in [0, 0.05) is 29.4 Å². The highest BCUT2D eigenvalue weighted by Gasteiger charge is 2.17. The highest BCUT2D eigenvalue weighted by molar-refractivity contribution is 6.30. The van der Waals surface area contributed by atoms with Gasteiger partial charge in [0.1, 0.15) is 0 Å². The Kier molecular flexibility index (Phi) is 6.34. The number of nitrogens with one attached hydrogen (secondary N) is 1. The number of benzene rings is 2. The van der Waals surface area contributed by atoms with Crippen molar-refractivity contribution in [1.82, 2.24) is 14.7 Å². The van der Waals surface area contributed by atoms with Gasteiger partial charge < -0.3 is 10.2 Å². The van der Waals surface area contributed by atoms with Crippen LogP contribution in [-0.2, 0) is 0 Å². The second-order valence-corrected chi connectivity index (χ2v) is 6.98. The first-order valence-corrected chi connectivity index (χ1v) is 9.83. The maximum absolute atomic E-state index is 12.8. The van der Waals surface area contributed by atoms with Crippen molar-refractivity contribution in [2.24, 2.45) is 0 Å². The summed E-state index contributed by atoms with van der Waals surface area (Å²) in [5.74, 6) is -0.340. The van der Waals surface area contributed by atoms with E-state index in [0.29, 0.717) is 40.6 Å². The first kappa shape index (κ1) is 20.6. The van der Waals surface area contributed by atoms with Crippen LogP contribution in [-0.4, -0.2) is 39.6 Å². The van der Waals surface area contributed by atoms with Crippen molar-refractivity contribution in [2.45, 2.75) is 20.8 Å². The number of hydrogen-bond donors (Lipinski definition) is 1. The van der Waals surface area contributed by atoms with Gasteiger partial charge in [0.25, 0.3) is 11.8 Å². The van der Waals surface area contributed by atoms with Crippen molar-refractivity contribution in [3.63, 3.8) is 0 Å². The van der Waals surface area contributed by atoms with Crippen molar-refractivity contribution in [3.8, 4) is 5.69 Å². The maximum atomic E-state index is 12.8. The largest absolute Gasteiger partial charge is 0.339 e. The number of carbonyl (C=O) groups excluding carboxylic acids is 2. The Balaban J connectivity index is 1.80. The molecule has 0 aliphatic rings. The molecular weight excluding hydrogens is 388 g/mol. The minimum absolute atomic E-state index is 0.0576. The van der Waals surface area contributed by atoms with Crippen LogP contribution < -0.4 is 5.32 Å². The van der Waals surface area contributed by atoms with Crippen LogP contribution >= 0.6 is 11.6 Å². The zero-order valence-electron chi connectivity index (χ0n) is 16.6. The number of amides is 2. The molecular formula is C22H23ClN4O2. The Bertz CT molecular complexity index is 1020. The van der Waals surface area contributed by atoms with E-state index in [0.717, 1.165) is 5.69 Å². The summed E-state index contributed by atoms with van der Waals surface area (Å²) >= 11 is 5.94. The molecule has 1 heterocycles. The van der Waals surface area contributed by atoms with Gasteiger partial charge in [-0.25, -0.2) is 4.68 Å². The van der Waals surface area contributed by atoms with Gasteiger partial charge in [0.15, 0.2) is 0 Å². The van der Waals surface area contributed by atoms with E-state index in [-0.39, 0.29) is 11.8 Å². The topological polar surface area (TPSA) is 67.2 Å². The predicted octanol–water partition coefficient (Wildman–Crippen LogP) is 4.57. The van der Waals surface area contributed by atoms with Crippen LogP contribution in [0.5, 0.6) is 0 Å². The van der Waals surface area contributed by atoms with Gasteiger partial charge in [-0.05, 0) is 63.2 Å². The second kappa shape index (κ2) is 8.92. The number of anilines is 1. The summed E-state index contributed by atoms with van der Waals surface area (Å²) < 4.78 is 1.69. The van der Waals surface area contributed by atoms with Gasteiger partial charge in [0.2, 0.25) is 0 Å². The molecule has 0 spiro atoms. The SMILES string of the molecule is CCN(CC)C(=O)c1cccc(NC(=O)c2cnn(-c3ccc(Cl)cc3)c2C)c1. The first-order valence-electron chi connectivity index (χ1n) is 9.45. The average Bonchev–Trinajstić information content (AvgIpc) is 3.11. The van der Waals surface area contributed by atoms with E-state index in [9.17, 15) is 9.59 Å². The molecule has 3 aromatic rings. The van der Waals surface area contributed by atoms with E-state index >= 15 is 0 Å². The molecule has 0 aliphatic carbocycles. The molecule has 3 rings (SSSR count). The lowest BCUT2D eigenvalue weighted by atomic mass is 10.1. The third-order valence-electron chi connectivity index (χ3n) is 4.74. The van der Waals surface area contributed by atoms with Crippen LogP contribution in [0.1, 0.15) is 40.3 Å². The number of rotatable bonds is 6. The molecule has 2 aromatic carbocycles. The van der Waals surface area contributed by atoms with E-state index in [2.05, 4.69) is 10.4 Å². The highest BCUT2D eigenvalue weighted by atomic mass is 35.5. The van der Waals surface area contributed by atoms with Crippen molar-refractivity contribution >= 4 is 29.1 Å². The third kappa shape index (κ3) is 4.49. The third-order valence-corrected chi connectivity index (χ3v) is 5.00. The summed E-state index contributed by atoms with van der Waals surface area (Å²) in [7, 11) is 0. The molecule has 0 aliphatic heterocycles. The summed E-state index contributed by atoms with van der Waals surface area (Å²) in [5.41, 5.74) is 3.09. The van der Waals surface area contributed by atoms with E-state index in [1.165, 1.54) is 6.20 Å². The molecule has 1 aromatic heterocycles. The number of halogens is 1. The van der Waals surface area contributed by atoms with Crippen LogP contribution in [0.15, 0.2) is 54.7 Å². The standard InChI is InChI=1S/C22H23ClN4O2/c1-4-26(5-2)22(29)16-7-6-8-18(13-16)25-21(28)20-14-24-27(15(20)3)19-11-9-17(23)10-12-19/h6-14H,4-5H2,1-3H3,(H,25,28). The van der Waals surface area contributed by atoms with E-state index in [4.69, 9.17) is 11.6 Å². The summed E-state index contributed by atoms with van der Waals surface area (Å²) in [6.45, 7) is 6.98. The average molecular weight is 411 g/mol. The molecule has 0 saturated heterocycles. The summed E-state index contributed by atoms with van der Waals surface area (Å²) in [5, 5.41) is 7.82. The van der Waals surface area contributed by atoms with Gasteiger partial charge >= 0.3 is 0 Å². The summed E-state index contributed by atoms with van der Waals surface area (Å²) in [4.78, 5) is 27.1. The maximum Gasteiger partial charge on any atom is 0.259 e. The minimum Gasteiger partial charge on any atom is -0.339 e. The quantitative estimate of drug-likeness (QED) is 0.647. The molecule has 0 radical (unpaired) electrons. The fraction of sp³-hybridized carbons (Fsp3) is 0.227. The molecule has 0 saturated carbocycles. The van der Waals surface area contributed by atoms with Gasteiger partial charge in [-0.15, -0.1) is 0 Å². The van der Waals surface area contributed by atoms with Crippen molar-refractivity contribution in [3.05, 3.63) is 76.6 Å². The molecule has 150 valence electrons. The monoisotopic (exact) mass is 410 g/mol. The van der Waals surface area contributed by atoms with Crippen LogP contribution in [0.3, 0.4) is 0 Å². The molecule has 0 fully saturated rings. The Morgan fingerprint density at radius 2 is 1.79 bits per heavy atom. The van der Waals surface area contributed by atoms with Crippen LogP contribution in [0.2, 0.25) is 5.02 Å². The Morgan fingerprint density at radius 3 is 2.45 bits per heavy atom. The minimum atomic E-state index is -0.282. The molecule has 29 heavy (non-hydrogen) atoms. The Morgan fingerprint density at radius 1 is 1.10 bits per heavy atom. The molecule has 6 nitrogen and oxygen atoms in total. The lowest BCUT2D eigenvalue weighted by Gasteiger charge is -2.19.